The molecule has 2 bridgehead atoms. The van der Waals surface area contributed by atoms with E-state index >= 15 is 0 Å². The zero-order valence-electron chi connectivity index (χ0n) is 14.8. The Kier molecular flexibility index (Phi) is 3.71. The molecular formula is C20H24N2O4. The molecule has 138 valence electrons. The van der Waals surface area contributed by atoms with Gasteiger partial charge in [-0.1, -0.05) is 24.6 Å². The van der Waals surface area contributed by atoms with Crippen LogP contribution < -0.4 is 10.1 Å². The molecule has 3 fully saturated rings. The van der Waals surface area contributed by atoms with Crippen molar-refractivity contribution in [1.82, 2.24) is 10.2 Å². The van der Waals surface area contributed by atoms with Crippen molar-refractivity contribution in [2.75, 3.05) is 26.3 Å². The molecule has 1 aromatic rings. The Labute approximate surface area is 152 Å². The number of piperidine rings is 1. The molecule has 1 aliphatic carbocycles. The van der Waals surface area contributed by atoms with E-state index in [2.05, 4.69) is 5.32 Å². The van der Waals surface area contributed by atoms with Crippen molar-refractivity contribution >= 4 is 11.8 Å². The van der Waals surface area contributed by atoms with E-state index in [1.807, 2.05) is 24.3 Å². The number of amides is 2. The van der Waals surface area contributed by atoms with Crippen LogP contribution in [0.1, 0.15) is 37.2 Å². The van der Waals surface area contributed by atoms with Crippen LogP contribution in [0.5, 0.6) is 5.75 Å². The van der Waals surface area contributed by atoms with Crippen LogP contribution in [0.15, 0.2) is 24.3 Å². The van der Waals surface area contributed by atoms with Crippen LogP contribution in [0.4, 0.5) is 0 Å². The van der Waals surface area contributed by atoms with Gasteiger partial charge in [-0.2, -0.15) is 0 Å². The van der Waals surface area contributed by atoms with E-state index in [1.54, 1.807) is 4.90 Å². The van der Waals surface area contributed by atoms with E-state index in [9.17, 15) is 9.59 Å². The molecule has 0 unspecified atom stereocenters. The summed E-state index contributed by atoms with van der Waals surface area (Å²) < 4.78 is 11.7. The van der Waals surface area contributed by atoms with Crippen LogP contribution in [0.25, 0.3) is 0 Å². The zero-order valence-corrected chi connectivity index (χ0v) is 14.8. The highest BCUT2D eigenvalue weighted by Gasteiger charge is 2.61. The van der Waals surface area contributed by atoms with Crippen molar-refractivity contribution in [3.05, 3.63) is 29.8 Å². The first-order valence-corrected chi connectivity index (χ1v) is 9.66. The maximum Gasteiger partial charge on any atom is 0.236 e. The molecule has 4 aliphatic rings. The van der Waals surface area contributed by atoms with Crippen molar-refractivity contribution in [3.63, 3.8) is 0 Å². The predicted octanol–water partition coefficient (Wildman–Crippen LogP) is 1.65. The first-order chi connectivity index (χ1) is 12.7. The topological polar surface area (TPSA) is 67.9 Å². The summed E-state index contributed by atoms with van der Waals surface area (Å²) in [6.45, 7) is 2.20. The van der Waals surface area contributed by atoms with Crippen molar-refractivity contribution in [2.45, 2.75) is 37.3 Å². The van der Waals surface area contributed by atoms with Crippen LogP contribution in [0.3, 0.4) is 0 Å². The molecule has 2 saturated heterocycles. The number of carbonyl (C=O) groups excluding carboxylic acids is 2. The Morgan fingerprint density at radius 3 is 2.85 bits per heavy atom. The quantitative estimate of drug-likeness (QED) is 0.777. The van der Waals surface area contributed by atoms with Crippen LogP contribution in [0.2, 0.25) is 0 Å². The van der Waals surface area contributed by atoms with Crippen molar-refractivity contribution in [3.8, 4) is 5.75 Å². The van der Waals surface area contributed by atoms with Crippen LogP contribution in [0, 0.1) is 11.8 Å². The number of fused-ring (bicyclic) bond motifs is 2. The highest BCUT2D eigenvalue weighted by molar-refractivity contribution is 6.02. The van der Waals surface area contributed by atoms with E-state index in [0.717, 1.165) is 37.0 Å². The number of morpholine rings is 1. The lowest BCUT2D eigenvalue weighted by Crippen LogP contribution is -2.70. The lowest BCUT2D eigenvalue weighted by molar-refractivity contribution is -0.167. The summed E-state index contributed by atoms with van der Waals surface area (Å²) in [7, 11) is 0. The summed E-state index contributed by atoms with van der Waals surface area (Å²) in [5.41, 5.74) is 0.368. The molecule has 4 atom stereocenters. The Balaban J connectivity index is 1.58. The summed E-state index contributed by atoms with van der Waals surface area (Å²) in [6, 6.07) is 7.91. The number of ether oxygens (including phenoxy) is 2. The molecule has 26 heavy (non-hydrogen) atoms. The second-order valence-electron chi connectivity index (χ2n) is 7.81. The van der Waals surface area contributed by atoms with E-state index in [4.69, 9.17) is 9.47 Å². The first-order valence-electron chi connectivity index (χ1n) is 9.66. The Morgan fingerprint density at radius 1 is 1.19 bits per heavy atom. The lowest BCUT2D eigenvalue weighted by atomic mass is 9.62. The number of hydrogen-bond donors (Lipinski definition) is 1. The Morgan fingerprint density at radius 2 is 2.00 bits per heavy atom. The number of nitrogens with zero attached hydrogens (tertiary/aromatic N) is 1. The molecule has 3 aliphatic heterocycles. The van der Waals surface area contributed by atoms with Gasteiger partial charge in [0, 0.05) is 31.3 Å². The van der Waals surface area contributed by atoms with Gasteiger partial charge in [0.2, 0.25) is 11.8 Å². The SMILES string of the molecule is O=C1N[C@]23CCCC[C@@H]2[C@H](c2ccccc2O3)[C@H]1C(=O)N1CCOCC1. The second-order valence-corrected chi connectivity index (χ2v) is 7.81. The summed E-state index contributed by atoms with van der Waals surface area (Å²) >= 11 is 0. The number of carbonyl (C=O) groups is 2. The molecule has 1 N–H and O–H groups in total. The molecule has 6 heteroatoms. The fourth-order valence-corrected chi connectivity index (χ4v) is 5.32. The molecule has 0 spiro atoms. The average Bonchev–Trinajstić information content (AvgIpc) is 2.67. The number of nitrogens with one attached hydrogen (secondary N) is 1. The number of rotatable bonds is 1. The van der Waals surface area contributed by atoms with Crippen molar-refractivity contribution < 1.29 is 19.1 Å². The van der Waals surface area contributed by atoms with Gasteiger partial charge in [-0.15, -0.1) is 0 Å². The predicted molar refractivity (Wildman–Crippen MR) is 93.5 cm³/mol. The lowest BCUT2D eigenvalue weighted by Gasteiger charge is -2.56. The smallest absolute Gasteiger partial charge is 0.236 e. The molecule has 5 rings (SSSR count). The minimum Gasteiger partial charge on any atom is -0.467 e. The minimum absolute atomic E-state index is 0.0633. The van der Waals surface area contributed by atoms with Gasteiger partial charge in [-0.25, -0.2) is 0 Å². The van der Waals surface area contributed by atoms with Gasteiger partial charge in [0.1, 0.15) is 11.7 Å². The summed E-state index contributed by atoms with van der Waals surface area (Å²) in [5.74, 6) is -0.0567. The fraction of sp³-hybridized carbons (Fsp3) is 0.600. The van der Waals surface area contributed by atoms with Gasteiger partial charge in [-0.05, 0) is 24.5 Å². The van der Waals surface area contributed by atoms with Gasteiger partial charge in [0.05, 0.1) is 13.2 Å². The maximum absolute atomic E-state index is 13.3. The first kappa shape index (κ1) is 16.1. The van der Waals surface area contributed by atoms with Gasteiger partial charge in [0.25, 0.3) is 0 Å². The number of hydrogen-bond acceptors (Lipinski definition) is 4. The molecule has 1 saturated carbocycles. The van der Waals surface area contributed by atoms with E-state index in [1.165, 1.54) is 0 Å². The summed E-state index contributed by atoms with van der Waals surface area (Å²) in [6.07, 6.45) is 3.94. The van der Waals surface area contributed by atoms with Crippen LogP contribution in [-0.2, 0) is 14.3 Å². The molecule has 6 nitrogen and oxygen atoms in total. The molecular weight excluding hydrogens is 332 g/mol. The van der Waals surface area contributed by atoms with Gasteiger partial charge in [-0.3, -0.25) is 9.59 Å². The molecule has 3 heterocycles. The normalized spacial score (nSPS) is 35.6. The van der Waals surface area contributed by atoms with E-state index in [-0.39, 0.29) is 23.7 Å². The number of benzene rings is 1. The third-order valence-electron chi connectivity index (χ3n) is 6.48. The highest BCUT2D eigenvalue weighted by Crippen LogP contribution is 2.55. The third-order valence-corrected chi connectivity index (χ3v) is 6.48. The van der Waals surface area contributed by atoms with E-state index in [0.29, 0.717) is 26.3 Å². The van der Waals surface area contributed by atoms with Crippen molar-refractivity contribution in [2.24, 2.45) is 11.8 Å². The summed E-state index contributed by atoms with van der Waals surface area (Å²) in [4.78, 5) is 28.2. The molecule has 0 aromatic heterocycles. The second kappa shape index (κ2) is 5.98. The zero-order chi connectivity index (χ0) is 17.7. The maximum atomic E-state index is 13.3. The highest BCUT2D eigenvalue weighted by atomic mass is 16.5. The standard InChI is InChI=1S/C20H24N2O4/c23-18-17(19(24)22-9-11-25-12-10-22)16-13-5-1-2-7-15(13)26-20(21-18)8-4-3-6-14(16)20/h1-2,5,7,14,16-17H,3-4,6,8-12H2,(H,21,23)/t14-,16+,17-,20+/m1/s1. The molecule has 1 aromatic carbocycles. The molecule has 2 amide bonds. The third kappa shape index (κ3) is 2.28. The summed E-state index contributed by atoms with van der Waals surface area (Å²) in [5, 5.41) is 3.13. The Bertz CT molecular complexity index is 745. The van der Waals surface area contributed by atoms with Crippen LogP contribution >= 0.6 is 0 Å². The van der Waals surface area contributed by atoms with Crippen LogP contribution in [-0.4, -0.2) is 48.7 Å². The number of para-hydroxylation sites is 1. The largest absolute Gasteiger partial charge is 0.467 e. The Hall–Kier alpha value is -2.08. The van der Waals surface area contributed by atoms with E-state index < -0.39 is 11.6 Å². The monoisotopic (exact) mass is 356 g/mol. The fourth-order valence-electron chi connectivity index (χ4n) is 5.32. The molecule has 0 radical (unpaired) electrons. The van der Waals surface area contributed by atoms with Crippen molar-refractivity contribution in [1.29, 1.82) is 0 Å². The van der Waals surface area contributed by atoms with Gasteiger partial charge < -0.3 is 19.7 Å². The minimum atomic E-state index is -0.672. The van der Waals surface area contributed by atoms with Gasteiger partial charge >= 0.3 is 0 Å². The average molecular weight is 356 g/mol. The van der Waals surface area contributed by atoms with Gasteiger partial charge in [0.15, 0.2) is 5.72 Å².